The van der Waals surface area contributed by atoms with Crippen LogP contribution in [-0.4, -0.2) is 9.97 Å². The van der Waals surface area contributed by atoms with Crippen LogP contribution in [-0.2, 0) is 0 Å². The maximum Gasteiger partial charge on any atom is 0.141 e. The molecule has 5 heteroatoms. The van der Waals surface area contributed by atoms with Gasteiger partial charge in [-0.15, -0.1) is 0 Å². The van der Waals surface area contributed by atoms with Crippen LogP contribution in [0.4, 0.5) is 28.7 Å². The van der Waals surface area contributed by atoms with Crippen LogP contribution in [0, 0.1) is 0 Å². The van der Waals surface area contributed by atoms with Crippen LogP contribution in [0.1, 0.15) is 0 Å². The van der Waals surface area contributed by atoms with Crippen molar-refractivity contribution in [2.24, 2.45) is 0 Å². The summed E-state index contributed by atoms with van der Waals surface area (Å²) in [6.07, 6.45) is 3.61. The third-order valence-corrected chi connectivity index (χ3v) is 5.13. The highest BCUT2D eigenvalue weighted by Crippen LogP contribution is 2.35. The molecule has 0 aliphatic rings. The van der Waals surface area contributed by atoms with Gasteiger partial charge in [0.15, 0.2) is 0 Å². The molecule has 0 fully saturated rings. The van der Waals surface area contributed by atoms with E-state index < -0.39 is 0 Å². The molecule has 0 atom stereocenters. The zero-order valence-electron chi connectivity index (χ0n) is 14.5. The Morgan fingerprint density at radius 3 is 1.63 bits per heavy atom. The number of halogens is 1. The van der Waals surface area contributed by atoms with Crippen molar-refractivity contribution in [3.63, 3.8) is 0 Å². The number of anilines is 5. The summed E-state index contributed by atoms with van der Waals surface area (Å²) in [4.78, 5) is 11.1. The first kappa shape index (κ1) is 17.5. The molecule has 2 aromatic carbocycles. The first-order valence-corrected chi connectivity index (χ1v) is 9.52. The summed E-state index contributed by atoms with van der Waals surface area (Å²) in [5.41, 5.74) is 3.18. The topological polar surface area (TPSA) is 32.3 Å². The molecule has 0 aliphatic heterocycles. The van der Waals surface area contributed by atoms with Crippen LogP contribution >= 0.6 is 22.9 Å². The van der Waals surface area contributed by atoms with Gasteiger partial charge in [0, 0.05) is 23.8 Å². The Bertz CT molecular complexity index is 937. The van der Waals surface area contributed by atoms with E-state index in [0.717, 1.165) is 28.7 Å². The van der Waals surface area contributed by atoms with Crippen molar-refractivity contribution in [1.82, 2.24) is 9.97 Å². The third-order valence-electron chi connectivity index (χ3n) is 4.08. The standard InChI is InChI=1S/C22H17IN4/c23-27(22-11-5-7-17-25-22)20-14-12-19(13-15-20)26(18-8-2-1-3-9-18)21-10-4-6-16-24-21/h1-17H. The Morgan fingerprint density at radius 2 is 1.04 bits per heavy atom. The number of benzene rings is 2. The van der Waals surface area contributed by atoms with Gasteiger partial charge in [-0.3, -0.25) is 8.01 Å². The van der Waals surface area contributed by atoms with Crippen molar-refractivity contribution in [2.75, 3.05) is 8.01 Å². The van der Waals surface area contributed by atoms with Gasteiger partial charge in [0.25, 0.3) is 0 Å². The van der Waals surface area contributed by atoms with Crippen molar-refractivity contribution in [3.05, 3.63) is 103 Å². The summed E-state index contributed by atoms with van der Waals surface area (Å²) < 4.78 is 2.04. The SMILES string of the molecule is IN(c1ccc(N(c2ccccc2)c2ccccn2)cc1)c1ccccn1. The van der Waals surface area contributed by atoms with E-state index in [1.165, 1.54) is 0 Å². The number of pyridine rings is 2. The quantitative estimate of drug-likeness (QED) is 0.252. The highest BCUT2D eigenvalue weighted by atomic mass is 127. The molecule has 132 valence electrons. The van der Waals surface area contributed by atoms with E-state index in [4.69, 9.17) is 0 Å². The maximum absolute atomic E-state index is 4.54. The molecular weight excluding hydrogens is 447 g/mol. The maximum atomic E-state index is 4.54. The van der Waals surface area contributed by atoms with E-state index in [1.807, 2.05) is 63.9 Å². The fraction of sp³-hybridized carbons (Fsp3) is 0. The number of aromatic nitrogens is 2. The van der Waals surface area contributed by atoms with Crippen molar-refractivity contribution >= 4 is 51.6 Å². The predicted molar refractivity (Wildman–Crippen MR) is 119 cm³/mol. The van der Waals surface area contributed by atoms with Crippen molar-refractivity contribution in [1.29, 1.82) is 0 Å². The predicted octanol–water partition coefficient (Wildman–Crippen LogP) is 6.43. The molecule has 0 spiro atoms. The van der Waals surface area contributed by atoms with Crippen LogP contribution in [0.3, 0.4) is 0 Å². The van der Waals surface area contributed by atoms with Gasteiger partial charge in [-0.1, -0.05) is 30.3 Å². The third kappa shape index (κ3) is 3.93. The molecule has 2 heterocycles. The molecular formula is C22H17IN4. The molecule has 0 unspecified atom stereocenters. The molecule has 0 N–H and O–H groups in total. The molecule has 4 nitrogen and oxygen atoms in total. The highest BCUT2D eigenvalue weighted by molar-refractivity contribution is 14.1. The van der Waals surface area contributed by atoms with Gasteiger partial charge in [0.05, 0.1) is 28.6 Å². The Hall–Kier alpha value is -2.93. The lowest BCUT2D eigenvalue weighted by Gasteiger charge is -2.25. The fourth-order valence-electron chi connectivity index (χ4n) is 2.81. The first-order chi connectivity index (χ1) is 13.3. The fourth-order valence-corrected chi connectivity index (χ4v) is 3.42. The number of hydrogen-bond acceptors (Lipinski definition) is 4. The summed E-state index contributed by atoms with van der Waals surface area (Å²) in [6, 6.07) is 30.5. The van der Waals surface area contributed by atoms with E-state index in [-0.39, 0.29) is 0 Å². The van der Waals surface area contributed by atoms with Crippen molar-refractivity contribution in [3.8, 4) is 0 Å². The van der Waals surface area contributed by atoms with Crippen LogP contribution < -0.4 is 8.01 Å². The van der Waals surface area contributed by atoms with Crippen molar-refractivity contribution in [2.45, 2.75) is 0 Å². The molecule has 4 rings (SSSR count). The Morgan fingerprint density at radius 1 is 0.519 bits per heavy atom. The molecule has 0 saturated heterocycles. The smallest absolute Gasteiger partial charge is 0.141 e. The summed E-state index contributed by atoms with van der Waals surface area (Å²) in [5, 5.41) is 0. The van der Waals surface area contributed by atoms with Gasteiger partial charge in [-0.25, -0.2) is 9.97 Å². The van der Waals surface area contributed by atoms with E-state index in [1.54, 1.807) is 6.20 Å². The van der Waals surface area contributed by atoms with Gasteiger partial charge in [-0.05, 0) is 60.7 Å². The summed E-state index contributed by atoms with van der Waals surface area (Å²) in [5.74, 6) is 1.78. The minimum atomic E-state index is 0.882. The average molecular weight is 464 g/mol. The Balaban J connectivity index is 1.69. The Kier molecular flexibility index (Phi) is 5.29. The lowest BCUT2D eigenvalue weighted by molar-refractivity contribution is 1.18. The van der Waals surface area contributed by atoms with Gasteiger partial charge in [-0.2, -0.15) is 0 Å². The first-order valence-electron chi connectivity index (χ1n) is 8.56. The highest BCUT2D eigenvalue weighted by Gasteiger charge is 2.14. The van der Waals surface area contributed by atoms with E-state index in [9.17, 15) is 0 Å². The van der Waals surface area contributed by atoms with Gasteiger partial charge in [0.1, 0.15) is 11.6 Å². The van der Waals surface area contributed by atoms with E-state index in [2.05, 4.69) is 74.1 Å². The second-order valence-corrected chi connectivity index (χ2v) is 6.81. The number of hydrogen-bond donors (Lipinski definition) is 0. The minimum Gasteiger partial charge on any atom is -0.295 e. The normalized spacial score (nSPS) is 10.4. The van der Waals surface area contributed by atoms with Crippen LogP contribution in [0.2, 0.25) is 0 Å². The van der Waals surface area contributed by atoms with Gasteiger partial charge >= 0.3 is 0 Å². The monoisotopic (exact) mass is 464 g/mol. The summed E-state index contributed by atoms with van der Waals surface area (Å²) >= 11 is 2.27. The molecule has 2 aromatic heterocycles. The lowest BCUT2D eigenvalue weighted by Crippen LogP contribution is -2.11. The molecule has 0 amide bonds. The minimum absolute atomic E-state index is 0.882. The van der Waals surface area contributed by atoms with Gasteiger partial charge < -0.3 is 0 Å². The molecule has 4 aromatic rings. The second kappa shape index (κ2) is 8.18. The van der Waals surface area contributed by atoms with Crippen LogP contribution in [0.5, 0.6) is 0 Å². The Labute approximate surface area is 172 Å². The lowest BCUT2D eigenvalue weighted by atomic mass is 10.2. The van der Waals surface area contributed by atoms with Crippen LogP contribution in [0.15, 0.2) is 103 Å². The molecule has 0 aliphatic carbocycles. The largest absolute Gasteiger partial charge is 0.295 e. The second-order valence-electron chi connectivity index (χ2n) is 5.84. The molecule has 27 heavy (non-hydrogen) atoms. The van der Waals surface area contributed by atoms with Crippen molar-refractivity contribution < 1.29 is 0 Å². The number of nitrogens with zero attached hydrogens (tertiary/aromatic N) is 4. The number of rotatable bonds is 5. The van der Waals surface area contributed by atoms with Gasteiger partial charge in [0.2, 0.25) is 0 Å². The summed E-state index contributed by atoms with van der Waals surface area (Å²) in [7, 11) is 0. The van der Waals surface area contributed by atoms with Crippen LogP contribution in [0.25, 0.3) is 0 Å². The molecule has 0 saturated carbocycles. The molecule has 0 radical (unpaired) electrons. The molecule has 0 bridgehead atoms. The van der Waals surface area contributed by atoms with E-state index >= 15 is 0 Å². The zero-order chi connectivity index (χ0) is 18.5. The number of para-hydroxylation sites is 1. The average Bonchev–Trinajstić information content (AvgIpc) is 2.76. The van der Waals surface area contributed by atoms with E-state index in [0.29, 0.717) is 0 Å². The zero-order valence-corrected chi connectivity index (χ0v) is 16.6. The summed E-state index contributed by atoms with van der Waals surface area (Å²) in [6.45, 7) is 0.